The zero-order chi connectivity index (χ0) is 19.0. The Morgan fingerprint density at radius 1 is 1.33 bits per heavy atom. The largest absolute Gasteiger partial charge is 0.497 e. The second kappa shape index (κ2) is 6.37. The van der Waals surface area contributed by atoms with Crippen molar-refractivity contribution in [2.45, 2.75) is 12.1 Å². The van der Waals surface area contributed by atoms with Gasteiger partial charge in [-0.2, -0.15) is 0 Å². The van der Waals surface area contributed by atoms with Crippen molar-refractivity contribution in [3.63, 3.8) is 0 Å². The average Bonchev–Trinajstić information content (AvgIpc) is 3.34. The Kier molecular flexibility index (Phi) is 4.01. The number of aromatic hydroxyl groups is 1. The van der Waals surface area contributed by atoms with Crippen LogP contribution in [0.5, 0.6) is 11.6 Å². The first kappa shape index (κ1) is 17.0. The van der Waals surface area contributed by atoms with Gasteiger partial charge in [0.1, 0.15) is 5.75 Å². The summed E-state index contributed by atoms with van der Waals surface area (Å²) >= 11 is 1.44. The van der Waals surface area contributed by atoms with Gasteiger partial charge in [0.25, 0.3) is 5.91 Å². The van der Waals surface area contributed by atoms with Crippen LogP contribution in [0.3, 0.4) is 0 Å². The molecule has 3 heterocycles. The number of urea groups is 1. The van der Waals surface area contributed by atoms with Crippen LogP contribution in [0.25, 0.3) is 10.8 Å². The number of hydrogen-bond acceptors (Lipinski definition) is 5. The third-order valence-corrected chi connectivity index (χ3v) is 5.12. The van der Waals surface area contributed by atoms with Gasteiger partial charge in [0.05, 0.1) is 18.5 Å². The highest BCUT2D eigenvalue weighted by Crippen LogP contribution is 2.32. The average molecular weight is 381 g/mol. The lowest BCUT2D eigenvalue weighted by molar-refractivity contribution is -0.122. The fourth-order valence-electron chi connectivity index (χ4n) is 2.98. The number of nitrogens with one attached hydrogen (secondary N) is 2. The van der Waals surface area contributed by atoms with Gasteiger partial charge in [-0.15, -0.1) is 11.3 Å². The molecule has 2 aromatic heterocycles. The minimum atomic E-state index is -1.47. The molecular formula is C19H15N3O4S. The lowest BCUT2D eigenvalue weighted by atomic mass is 10.0. The van der Waals surface area contributed by atoms with Crippen molar-refractivity contribution in [2.24, 2.45) is 0 Å². The molecule has 0 radical (unpaired) electrons. The second-order valence-electron chi connectivity index (χ2n) is 6.07. The Bertz CT molecular complexity index is 1110. The van der Waals surface area contributed by atoms with Gasteiger partial charge < -0.3 is 19.7 Å². The van der Waals surface area contributed by atoms with Crippen molar-refractivity contribution in [2.75, 3.05) is 7.11 Å². The predicted octanol–water partition coefficient (Wildman–Crippen LogP) is 2.05. The maximum atomic E-state index is 12.5. The molecule has 1 saturated heterocycles. The summed E-state index contributed by atoms with van der Waals surface area (Å²) in [6.45, 7) is -0.0359. The van der Waals surface area contributed by atoms with E-state index in [4.69, 9.17) is 4.74 Å². The number of rotatable bonds is 3. The van der Waals surface area contributed by atoms with Crippen LogP contribution < -0.4 is 15.4 Å². The van der Waals surface area contributed by atoms with Crippen LogP contribution in [0.15, 0.2) is 41.9 Å². The fraction of sp³-hybridized carbons (Fsp3) is 0.158. The van der Waals surface area contributed by atoms with Gasteiger partial charge in [0.2, 0.25) is 5.54 Å². The molecule has 1 aliphatic heterocycles. The number of nitrogens with zero attached hydrogens (tertiary/aromatic N) is 1. The molecule has 0 unspecified atom stereocenters. The van der Waals surface area contributed by atoms with Crippen molar-refractivity contribution in [3.05, 3.63) is 46.8 Å². The van der Waals surface area contributed by atoms with Crippen molar-refractivity contribution in [1.82, 2.24) is 15.2 Å². The monoisotopic (exact) mass is 381 g/mol. The topological polar surface area (TPSA) is 92.6 Å². The molecule has 0 bridgehead atoms. The second-order valence-corrected chi connectivity index (χ2v) is 7.02. The Labute approximate surface area is 158 Å². The fourth-order valence-corrected chi connectivity index (χ4v) is 3.55. The first-order chi connectivity index (χ1) is 13.0. The summed E-state index contributed by atoms with van der Waals surface area (Å²) in [7, 11) is 1.54. The van der Waals surface area contributed by atoms with Gasteiger partial charge in [-0.3, -0.25) is 10.1 Å². The highest BCUT2D eigenvalue weighted by molar-refractivity contribution is 7.10. The van der Waals surface area contributed by atoms with E-state index in [0.717, 1.165) is 10.3 Å². The molecule has 7 nitrogen and oxygen atoms in total. The van der Waals surface area contributed by atoms with Crippen LogP contribution in [-0.4, -0.2) is 34.3 Å². The SMILES string of the molecule is COc1ccc2cn(C[C@@]3(C#Cc4cccs4)NC(=O)NC3=O)c(O)c2c1. The summed E-state index contributed by atoms with van der Waals surface area (Å²) < 4.78 is 6.69. The van der Waals surface area contributed by atoms with Crippen LogP contribution in [-0.2, 0) is 11.3 Å². The van der Waals surface area contributed by atoms with Gasteiger partial charge in [-0.1, -0.05) is 17.9 Å². The molecule has 1 fully saturated rings. The molecule has 3 N–H and O–H groups in total. The standard InChI is InChI=1S/C19H15N3O4S/c1-26-13-5-4-12-10-22(16(23)15(12)9-13)11-19(17(24)20-18(25)21-19)7-6-14-3-2-8-27-14/h2-5,8-10,23H,11H2,1H3,(H2,20,21,24,25)/t19-/m1/s1. The Balaban J connectivity index is 1.76. The number of imide groups is 1. The molecule has 136 valence electrons. The maximum absolute atomic E-state index is 12.5. The minimum Gasteiger partial charge on any atom is -0.497 e. The van der Waals surface area contributed by atoms with Gasteiger partial charge in [0.15, 0.2) is 5.88 Å². The molecule has 0 saturated carbocycles. The van der Waals surface area contributed by atoms with Crippen molar-refractivity contribution in [3.8, 4) is 23.5 Å². The predicted molar refractivity (Wildman–Crippen MR) is 101 cm³/mol. The Hall–Kier alpha value is -3.44. The first-order valence-electron chi connectivity index (χ1n) is 8.07. The Morgan fingerprint density at radius 3 is 2.85 bits per heavy atom. The zero-order valence-corrected chi connectivity index (χ0v) is 15.1. The number of aromatic nitrogens is 1. The van der Waals surface area contributed by atoms with E-state index in [-0.39, 0.29) is 12.4 Å². The van der Waals surface area contributed by atoms with Crippen LogP contribution in [0.4, 0.5) is 4.79 Å². The van der Waals surface area contributed by atoms with Crippen LogP contribution in [0, 0.1) is 11.8 Å². The van der Waals surface area contributed by atoms with E-state index < -0.39 is 17.5 Å². The van der Waals surface area contributed by atoms with E-state index >= 15 is 0 Å². The molecule has 0 spiro atoms. The first-order valence-corrected chi connectivity index (χ1v) is 8.95. The van der Waals surface area contributed by atoms with E-state index in [1.165, 1.54) is 15.9 Å². The molecular weight excluding hydrogens is 366 g/mol. The van der Waals surface area contributed by atoms with Gasteiger partial charge >= 0.3 is 6.03 Å². The highest BCUT2D eigenvalue weighted by atomic mass is 32.1. The maximum Gasteiger partial charge on any atom is 0.323 e. The molecule has 3 aromatic rings. The van der Waals surface area contributed by atoms with Gasteiger partial charge in [0, 0.05) is 17.0 Å². The van der Waals surface area contributed by atoms with E-state index in [2.05, 4.69) is 22.5 Å². The van der Waals surface area contributed by atoms with Crippen molar-refractivity contribution < 1.29 is 19.4 Å². The number of fused-ring (bicyclic) bond motifs is 1. The van der Waals surface area contributed by atoms with E-state index in [1.807, 2.05) is 23.6 Å². The van der Waals surface area contributed by atoms with Crippen molar-refractivity contribution >= 4 is 34.0 Å². The minimum absolute atomic E-state index is 0.0323. The lowest BCUT2D eigenvalue weighted by Gasteiger charge is -2.20. The number of amides is 3. The number of carbonyl (C=O) groups excluding carboxylic acids is 2. The lowest BCUT2D eigenvalue weighted by Crippen LogP contribution is -2.49. The molecule has 3 amide bonds. The van der Waals surface area contributed by atoms with E-state index in [9.17, 15) is 14.7 Å². The summed E-state index contributed by atoms with van der Waals surface area (Å²) in [5.41, 5.74) is -1.47. The number of ether oxygens (including phenoxy) is 1. The third kappa shape index (κ3) is 2.98. The number of benzene rings is 1. The molecule has 1 aliphatic rings. The summed E-state index contributed by atoms with van der Waals surface area (Å²) in [4.78, 5) is 25.0. The summed E-state index contributed by atoms with van der Waals surface area (Å²) in [5, 5.41) is 18.7. The Morgan fingerprint density at radius 2 is 2.19 bits per heavy atom. The molecule has 0 aliphatic carbocycles. The normalized spacial score (nSPS) is 18.7. The van der Waals surface area contributed by atoms with E-state index in [0.29, 0.717) is 11.1 Å². The molecule has 27 heavy (non-hydrogen) atoms. The smallest absolute Gasteiger partial charge is 0.323 e. The van der Waals surface area contributed by atoms with E-state index in [1.54, 1.807) is 25.4 Å². The number of methoxy groups -OCH3 is 1. The van der Waals surface area contributed by atoms with Crippen LogP contribution in [0.2, 0.25) is 0 Å². The summed E-state index contributed by atoms with van der Waals surface area (Å²) in [6, 6.07) is 8.36. The summed E-state index contributed by atoms with van der Waals surface area (Å²) in [5.74, 6) is 5.83. The molecule has 4 rings (SSSR count). The number of hydrogen-bond donors (Lipinski definition) is 3. The van der Waals surface area contributed by atoms with Gasteiger partial charge in [-0.05, 0) is 29.6 Å². The third-order valence-electron chi connectivity index (χ3n) is 4.34. The van der Waals surface area contributed by atoms with Crippen LogP contribution in [0.1, 0.15) is 4.88 Å². The highest BCUT2D eigenvalue weighted by Gasteiger charge is 2.46. The quantitative estimate of drug-likeness (QED) is 0.478. The number of thiophene rings is 1. The molecule has 8 heteroatoms. The molecule has 1 aromatic carbocycles. The zero-order valence-electron chi connectivity index (χ0n) is 14.3. The van der Waals surface area contributed by atoms with Crippen molar-refractivity contribution in [1.29, 1.82) is 0 Å². The molecule has 1 atom stereocenters. The van der Waals surface area contributed by atoms with Gasteiger partial charge in [-0.25, -0.2) is 4.79 Å². The summed E-state index contributed by atoms with van der Waals surface area (Å²) in [6.07, 6.45) is 1.70. The van der Waals surface area contributed by atoms with Crippen LogP contribution >= 0.6 is 11.3 Å². The number of carbonyl (C=O) groups is 2.